The molecule has 3 aromatic rings. The number of likely N-dealkylation sites (tertiary alicyclic amines) is 1. The highest BCUT2D eigenvalue weighted by Gasteiger charge is 2.32. The van der Waals surface area contributed by atoms with Crippen LogP contribution in [0, 0.1) is 5.82 Å². The molecule has 0 saturated carbocycles. The molecule has 1 aliphatic heterocycles. The number of carbonyl (C=O) groups is 1. The Morgan fingerprint density at radius 3 is 3.04 bits per heavy atom. The predicted molar refractivity (Wildman–Crippen MR) is 101 cm³/mol. The Morgan fingerprint density at radius 1 is 1.29 bits per heavy atom. The van der Waals surface area contributed by atoms with Crippen molar-refractivity contribution in [2.75, 3.05) is 13.2 Å². The average Bonchev–Trinajstić information content (AvgIpc) is 3.37. The van der Waals surface area contributed by atoms with Crippen molar-refractivity contribution in [2.45, 2.75) is 25.3 Å². The number of nitrogens with one attached hydrogen (secondary N) is 1. The highest BCUT2D eigenvalue weighted by Crippen LogP contribution is 2.32. The first-order valence-electron chi connectivity index (χ1n) is 9.34. The van der Waals surface area contributed by atoms with Gasteiger partial charge in [0.2, 0.25) is 0 Å². The summed E-state index contributed by atoms with van der Waals surface area (Å²) < 4.78 is 18.8. The van der Waals surface area contributed by atoms with Crippen molar-refractivity contribution < 1.29 is 13.9 Å². The normalized spacial score (nSPS) is 16.3. The molecule has 4 rings (SSSR count). The van der Waals surface area contributed by atoms with E-state index in [0.717, 1.165) is 24.2 Å². The molecule has 1 saturated heterocycles. The van der Waals surface area contributed by atoms with Crippen molar-refractivity contribution in [3.05, 3.63) is 77.6 Å². The Kier molecular flexibility index (Phi) is 5.32. The fraction of sp³-hybridized carbons (Fsp3) is 0.286. The van der Waals surface area contributed by atoms with Crippen LogP contribution in [0.15, 0.2) is 54.9 Å². The maximum atomic E-state index is 13.2. The van der Waals surface area contributed by atoms with Crippen LogP contribution in [0.3, 0.4) is 0 Å². The van der Waals surface area contributed by atoms with Crippen LogP contribution in [0.2, 0.25) is 0 Å². The molecule has 28 heavy (non-hydrogen) atoms. The first-order valence-corrected chi connectivity index (χ1v) is 9.34. The molecular formula is C21H21FN4O2. The van der Waals surface area contributed by atoms with Gasteiger partial charge < -0.3 is 9.64 Å². The SMILES string of the molecule is O=C(c1cccnc1)N1CCC[C@H]1c1cc(CCOc2cccc(F)c2)[nH]n1. The van der Waals surface area contributed by atoms with Gasteiger partial charge in [0.05, 0.1) is 23.9 Å². The molecule has 1 atom stereocenters. The number of pyridine rings is 1. The largest absolute Gasteiger partial charge is 0.493 e. The molecule has 1 amide bonds. The molecule has 1 aromatic carbocycles. The van der Waals surface area contributed by atoms with Crippen molar-refractivity contribution in [1.29, 1.82) is 0 Å². The topological polar surface area (TPSA) is 71.1 Å². The van der Waals surface area contributed by atoms with E-state index < -0.39 is 0 Å². The Hall–Kier alpha value is -3.22. The van der Waals surface area contributed by atoms with Crippen LogP contribution in [-0.4, -0.2) is 39.1 Å². The minimum absolute atomic E-state index is 0.0189. The van der Waals surface area contributed by atoms with Crippen LogP contribution in [0.4, 0.5) is 4.39 Å². The Morgan fingerprint density at radius 2 is 2.21 bits per heavy atom. The van der Waals surface area contributed by atoms with Crippen molar-refractivity contribution in [1.82, 2.24) is 20.1 Å². The molecule has 3 heterocycles. The summed E-state index contributed by atoms with van der Waals surface area (Å²) >= 11 is 0. The van der Waals surface area contributed by atoms with Crippen molar-refractivity contribution >= 4 is 5.91 Å². The van der Waals surface area contributed by atoms with E-state index in [2.05, 4.69) is 15.2 Å². The zero-order valence-corrected chi connectivity index (χ0v) is 15.3. The molecular weight excluding hydrogens is 359 g/mol. The molecule has 1 aliphatic rings. The number of aromatic amines is 1. The van der Waals surface area contributed by atoms with E-state index in [4.69, 9.17) is 4.74 Å². The Bertz CT molecular complexity index is 944. The van der Waals surface area contributed by atoms with Crippen LogP contribution in [-0.2, 0) is 6.42 Å². The summed E-state index contributed by atoms with van der Waals surface area (Å²) in [6.45, 7) is 1.12. The van der Waals surface area contributed by atoms with E-state index in [1.807, 2.05) is 11.0 Å². The van der Waals surface area contributed by atoms with Gasteiger partial charge in [0.15, 0.2) is 0 Å². The molecule has 1 fully saturated rings. The summed E-state index contributed by atoms with van der Waals surface area (Å²) in [6, 6.07) is 11.6. The van der Waals surface area contributed by atoms with Gasteiger partial charge in [-0.2, -0.15) is 5.10 Å². The number of ether oxygens (including phenoxy) is 1. The third-order valence-corrected chi connectivity index (χ3v) is 4.85. The van der Waals surface area contributed by atoms with E-state index in [1.54, 1.807) is 36.7 Å². The fourth-order valence-corrected chi connectivity index (χ4v) is 3.49. The zero-order chi connectivity index (χ0) is 19.3. The lowest BCUT2D eigenvalue weighted by Crippen LogP contribution is -2.30. The molecule has 1 N–H and O–H groups in total. The first-order chi connectivity index (χ1) is 13.7. The zero-order valence-electron chi connectivity index (χ0n) is 15.3. The number of rotatable bonds is 6. The molecule has 144 valence electrons. The minimum Gasteiger partial charge on any atom is -0.493 e. The van der Waals surface area contributed by atoms with Gasteiger partial charge in [-0.25, -0.2) is 4.39 Å². The van der Waals surface area contributed by atoms with E-state index in [-0.39, 0.29) is 17.8 Å². The Labute approximate surface area is 162 Å². The molecule has 6 nitrogen and oxygen atoms in total. The second-order valence-electron chi connectivity index (χ2n) is 6.77. The summed E-state index contributed by atoms with van der Waals surface area (Å²) in [5, 5.41) is 7.44. The summed E-state index contributed by atoms with van der Waals surface area (Å²) in [7, 11) is 0. The highest BCUT2D eigenvalue weighted by molar-refractivity contribution is 5.94. The number of carbonyl (C=O) groups excluding carboxylic acids is 1. The van der Waals surface area contributed by atoms with Gasteiger partial charge in [-0.15, -0.1) is 0 Å². The smallest absolute Gasteiger partial charge is 0.255 e. The van der Waals surface area contributed by atoms with E-state index in [9.17, 15) is 9.18 Å². The number of benzene rings is 1. The molecule has 0 radical (unpaired) electrons. The lowest BCUT2D eigenvalue weighted by atomic mass is 10.1. The Balaban J connectivity index is 1.38. The molecule has 0 aliphatic carbocycles. The van der Waals surface area contributed by atoms with E-state index in [1.165, 1.54) is 12.1 Å². The molecule has 0 spiro atoms. The lowest BCUT2D eigenvalue weighted by molar-refractivity contribution is 0.0732. The fourth-order valence-electron chi connectivity index (χ4n) is 3.49. The van der Waals surface area contributed by atoms with Crippen molar-refractivity contribution in [2.24, 2.45) is 0 Å². The maximum absolute atomic E-state index is 13.2. The predicted octanol–water partition coefficient (Wildman–Crippen LogP) is 3.54. The monoisotopic (exact) mass is 380 g/mol. The quantitative estimate of drug-likeness (QED) is 0.710. The summed E-state index contributed by atoms with van der Waals surface area (Å²) in [6.07, 6.45) is 5.70. The van der Waals surface area contributed by atoms with Gasteiger partial charge in [-0.3, -0.25) is 14.9 Å². The van der Waals surface area contributed by atoms with Gasteiger partial charge in [0.1, 0.15) is 11.6 Å². The van der Waals surface area contributed by atoms with Gasteiger partial charge in [0.25, 0.3) is 5.91 Å². The number of aromatic nitrogens is 3. The summed E-state index contributed by atoms with van der Waals surface area (Å²) in [5.74, 6) is 0.166. The minimum atomic E-state index is -0.319. The van der Waals surface area contributed by atoms with Gasteiger partial charge in [0, 0.05) is 37.1 Å². The number of hydrogen-bond donors (Lipinski definition) is 1. The van der Waals surface area contributed by atoms with Crippen LogP contribution in [0.5, 0.6) is 5.75 Å². The van der Waals surface area contributed by atoms with Gasteiger partial charge >= 0.3 is 0 Å². The van der Waals surface area contributed by atoms with Crippen LogP contribution >= 0.6 is 0 Å². The number of amides is 1. The summed E-state index contributed by atoms with van der Waals surface area (Å²) in [5.41, 5.74) is 2.37. The van der Waals surface area contributed by atoms with E-state index in [0.29, 0.717) is 30.9 Å². The van der Waals surface area contributed by atoms with Crippen LogP contribution in [0.1, 0.15) is 40.6 Å². The average molecular weight is 380 g/mol. The van der Waals surface area contributed by atoms with Crippen LogP contribution in [0.25, 0.3) is 0 Å². The van der Waals surface area contributed by atoms with Gasteiger partial charge in [-0.1, -0.05) is 6.07 Å². The molecule has 7 heteroatoms. The number of halogens is 1. The number of H-pyrrole nitrogens is 1. The maximum Gasteiger partial charge on any atom is 0.255 e. The van der Waals surface area contributed by atoms with Gasteiger partial charge in [-0.05, 0) is 43.2 Å². The number of hydrogen-bond acceptors (Lipinski definition) is 4. The third-order valence-electron chi connectivity index (χ3n) is 4.85. The standard InChI is InChI=1S/C21H21FN4O2/c22-16-5-1-6-18(12-16)28-11-8-17-13-19(25-24-17)20-7-3-10-26(20)21(27)15-4-2-9-23-14-15/h1-2,4-6,9,12-14,20H,3,7-8,10-11H2,(H,24,25)/t20-/m0/s1. The second kappa shape index (κ2) is 8.21. The van der Waals surface area contributed by atoms with Crippen molar-refractivity contribution in [3.63, 3.8) is 0 Å². The molecule has 2 aromatic heterocycles. The number of nitrogens with zero attached hydrogens (tertiary/aromatic N) is 3. The molecule has 0 unspecified atom stereocenters. The summed E-state index contributed by atoms with van der Waals surface area (Å²) in [4.78, 5) is 18.7. The highest BCUT2D eigenvalue weighted by atomic mass is 19.1. The molecule has 0 bridgehead atoms. The lowest BCUT2D eigenvalue weighted by Gasteiger charge is -2.23. The van der Waals surface area contributed by atoms with Crippen LogP contribution < -0.4 is 4.74 Å². The second-order valence-corrected chi connectivity index (χ2v) is 6.77. The van der Waals surface area contributed by atoms with Crippen molar-refractivity contribution in [3.8, 4) is 5.75 Å². The third kappa shape index (κ3) is 4.03. The first kappa shape index (κ1) is 18.2. The van der Waals surface area contributed by atoms with E-state index >= 15 is 0 Å².